The number of rotatable bonds is 5. The predicted molar refractivity (Wildman–Crippen MR) is 116 cm³/mol. The van der Waals surface area contributed by atoms with Crippen molar-refractivity contribution < 1.29 is 13.6 Å². The summed E-state index contributed by atoms with van der Waals surface area (Å²) in [5.74, 6) is -3.03. The Kier molecular flexibility index (Phi) is 4.88. The van der Waals surface area contributed by atoms with Crippen molar-refractivity contribution in [2.75, 3.05) is 18.4 Å². The van der Waals surface area contributed by atoms with E-state index in [0.717, 1.165) is 18.7 Å². The molecule has 0 bridgehead atoms. The maximum absolute atomic E-state index is 14.6. The molecule has 9 heteroatoms. The molecule has 2 aliphatic rings. The lowest BCUT2D eigenvalue weighted by atomic mass is 9.73. The van der Waals surface area contributed by atoms with Gasteiger partial charge in [-0.3, -0.25) is 14.6 Å². The van der Waals surface area contributed by atoms with Crippen LogP contribution in [0.4, 0.5) is 14.5 Å². The Bertz CT molecular complexity index is 1130. The van der Waals surface area contributed by atoms with E-state index >= 15 is 0 Å². The molecule has 1 unspecified atom stereocenters. The number of carbonyl (C=O) groups is 1. The highest BCUT2D eigenvalue weighted by atomic mass is 19.3. The zero-order valence-electron chi connectivity index (χ0n) is 18.0. The maximum atomic E-state index is 14.6. The Labute approximate surface area is 184 Å². The van der Waals surface area contributed by atoms with E-state index in [0.29, 0.717) is 22.9 Å². The zero-order valence-corrected chi connectivity index (χ0v) is 18.0. The molecule has 3 heterocycles. The fourth-order valence-electron chi connectivity index (χ4n) is 4.53. The third kappa shape index (κ3) is 3.50. The maximum Gasteiger partial charge on any atom is 0.276 e. The number of hydrogen-bond acceptors (Lipinski definition) is 4. The van der Waals surface area contributed by atoms with Gasteiger partial charge in [-0.15, -0.1) is 0 Å². The summed E-state index contributed by atoms with van der Waals surface area (Å²) >= 11 is 0. The van der Waals surface area contributed by atoms with Gasteiger partial charge >= 0.3 is 0 Å². The van der Waals surface area contributed by atoms with Crippen LogP contribution in [-0.2, 0) is 12.8 Å². The topological polar surface area (TPSA) is 87.6 Å². The monoisotopic (exact) mass is 440 g/mol. The molecule has 1 aliphatic carbocycles. The van der Waals surface area contributed by atoms with Crippen LogP contribution < -0.4 is 10.6 Å². The van der Waals surface area contributed by atoms with E-state index in [1.54, 1.807) is 12.4 Å². The number of aromatic amines is 1. The van der Waals surface area contributed by atoms with Gasteiger partial charge in [-0.25, -0.2) is 8.78 Å². The van der Waals surface area contributed by atoms with E-state index in [1.165, 1.54) is 13.8 Å². The summed E-state index contributed by atoms with van der Waals surface area (Å²) in [5, 5.41) is 17.4. The number of benzene rings is 1. The molecule has 3 aromatic rings. The van der Waals surface area contributed by atoms with Gasteiger partial charge in [0.1, 0.15) is 0 Å². The molecular formula is C23H26F2N6O. The molecule has 2 aromatic heterocycles. The van der Waals surface area contributed by atoms with Gasteiger partial charge in [-0.2, -0.15) is 10.2 Å². The summed E-state index contributed by atoms with van der Waals surface area (Å²) in [7, 11) is 0. The Hall–Kier alpha value is -3.07. The largest absolute Gasteiger partial charge is 0.318 e. The molecule has 1 aromatic carbocycles. The molecule has 0 spiro atoms. The minimum absolute atomic E-state index is 0.0192. The van der Waals surface area contributed by atoms with Gasteiger partial charge in [0.2, 0.25) is 0 Å². The number of fused-ring (bicyclic) bond motifs is 1. The zero-order chi connectivity index (χ0) is 22.5. The van der Waals surface area contributed by atoms with Crippen molar-refractivity contribution >= 4 is 11.6 Å². The Morgan fingerprint density at radius 3 is 2.66 bits per heavy atom. The van der Waals surface area contributed by atoms with Gasteiger partial charge in [0, 0.05) is 54.7 Å². The fourth-order valence-corrected chi connectivity index (χ4v) is 4.53. The molecule has 0 saturated carbocycles. The van der Waals surface area contributed by atoms with E-state index in [4.69, 9.17) is 0 Å². The molecule has 1 atom stereocenters. The first-order valence-corrected chi connectivity index (χ1v) is 10.8. The number of H-pyrrole nitrogens is 1. The number of halogens is 2. The Balaban J connectivity index is 1.37. The van der Waals surface area contributed by atoms with E-state index in [1.807, 2.05) is 22.9 Å². The Morgan fingerprint density at radius 1 is 1.22 bits per heavy atom. The fraction of sp³-hybridized carbons (Fsp3) is 0.435. The molecule has 1 aliphatic heterocycles. The summed E-state index contributed by atoms with van der Waals surface area (Å²) in [4.78, 5) is 12.9. The summed E-state index contributed by atoms with van der Waals surface area (Å²) < 4.78 is 31.0. The highest BCUT2D eigenvalue weighted by Gasteiger charge is 2.51. The second kappa shape index (κ2) is 7.51. The van der Waals surface area contributed by atoms with Crippen molar-refractivity contribution in [2.24, 2.45) is 11.3 Å². The lowest BCUT2D eigenvalue weighted by Gasteiger charge is -2.37. The molecule has 7 nitrogen and oxygen atoms in total. The van der Waals surface area contributed by atoms with Crippen LogP contribution in [0.1, 0.15) is 47.2 Å². The first-order chi connectivity index (χ1) is 15.2. The highest BCUT2D eigenvalue weighted by molar-refractivity contribution is 6.04. The lowest BCUT2D eigenvalue weighted by Crippen LogP contribution is -2.47. The van der Waals surface area contributed by atoms with E-state index in [-0.39, 0.29) is 18.2 Å². The third-order valence-electron chi connectivity index (χ3n) is 6.72. The standard InChI is InChI=1S/C23H26F2N6O/c1-22(2)9-18-17(8-23(22,24)25)19(30-29-18)21(32)28-16-12-27-31(13-16)20(15-10-26-11-15)14-6-4-3-5-7-14/h3-7,12-13,15,20,26H,8-11H2,1-2H3,(H,28,32)(H,29,30). The SMILES string of the molecule is CC1(C)Cc2[nH]nc(C(=O)Nc3cnn(C(c4ccccc4)C4CNC4)c3)c2CC1(F)F. The average molecular weight is 440 g/mol. The van der Waals surface area contributed by atoms with Gasteiger partial charge in [0.05, 0.1) is 17.9 Å². The summed E-state index contributed by atoms with van der Waals surface area (Å²) in [5.41, 5.74) is 1.37. The number of hydrogen-bond donors (Lipinski definition) is 3. The van der Waals surface area contributed by atoms with Gasteiger partial charge in [-0.05, 0) is 5.56 Å². The quantitative estimate of drug-likeness (QED) is 0.567. The number of aromatic nitrogens is 4. The molecule has 1 saturated heterocycles. The molecule has 3 N–H and O–H groups in total. The van der Waals surface area contributed by atoms with Crippen LogP contribution in [0.5, 0.6) is 0 Å². The second-order valence-corrected chi connectivity index (χ2v) is 9.41. The molecular weight excluding hydrogens is 414 g/mol. The van der Waals surface area contributed by atoms with Gasteiger partial charge in [-0.1, -0.05) is 44.2 Å². The van der Waals surface area contributed by atoms with Crippen LogP contribution >= 0.6 is 0 Å². The normalized spacial score (nSPS) is 20.2. The Morgan fingerprint density at radius 2 is 1.97 bits per heavy atom. The number of nitrogens with one attached hydrogen (secondary N) is 3. The van der Waals surface area contributed by atoms with Crippen LogP contribution in [0.3, 0.4) is 0 Å². The van der Waals surface area contributed by atoms with E-state index in [9.17, 15) is 13.6 Å². The van der Waals surface area contributed by atoms with Crippen molar-refractivity contribution in [2.45, 2.75) is 38.7 Å². The molecule has 0 radical (unpaired) electrons. The summed E-state index contributed by atoms with van der Waals surface area (Å²) in [6.45, 7) is 4.85. The van der Waals surface area contributed by atoms with Crippen molar-refractivity contribution in [3.63, 3.8) is 0 Å². The van der Waals surface area contributed by atoms with Gasteiger partial charge < -0.3 is 10.6 Å². The number of amides is 1. The first kappa shape index (κ1) is 20.8. The number of anilines is 1. The predicted octanol–water partition coefficient (Wildman–Crippen LogP) is 3.43. The second-order valence-electron chi connectivity index (χ2n) is 9.41. The number of alkyl halides is 2. The minimum Gasteiger partial charge on any atom is -0.318 e. The summed E-state index contributed by atoms with van der Waals surface area (Å²) in [6.07, 6.45) is 3.00. The van der Waals surface area contributed by atoms with Gasteiger partial charge in [0.25, 0.3) is 11.8 Å². The van der Waals surface area contributed by atoms with Crippen molar-refractivity contribution in [1.82, 2.24) is 25.3 Å². The van der Waals surface area contributed by atoms with Gasteiger partial charge in [0.15, 0.2) is 5.69 Å². The van der Waals surface area contributed by atoms with Crippen molar-refractivity contribution in [1.29, 1.82) is 0 Å². The average Bonchev–Trinajstić information content (AvgIpc) is 3.31. The van der Waals surface area contributed by atoms with Crippen LogP contribution in [0.15, 0.2) is 42.7 Å². The van der Waals surface area contributed by atoms with Crippen molar-refractivity contribution in [3.05, 3.63) is 65.2 Å². The first-order valence-electron chi connectivity index (χ1n) is 10.8. The minimum atomic E-state index is -2.91. The molecule has 1 amide bonds. The van der Waals surface area contributed by atoms with Crippen LogP contribution in [-0.4, -0.2) is 44.9 Å². The van der Waals surface area contributed by atoms with Crippen LogP contribution in [0.25, 0.3) is 0 Å². The molecule has 32 heavy (non-hydrogen) atoms. The van der Waals surface area contributed by atoms with E-state index < -0.39 is 23.7 Å². The number of nitrogens with zero attached hydrogens (tertiary/aromatic N) is 3. The van der Waals surface area contributed by atoms with Crippen LogP contribution in [0.2, 0.25) is 0 Å². The highest BCUT2D eigenvalue weighted by Crippen LogP contribution is 2.46. The van der Waals surface area contributed by atoms with Crippen LogP contribution in [0, 0.1) is 11.3 Å². The number of carbonyl (C=O) groups excluding carboxylic acids is 1. The summed E-state index contributed by atoms with van der Waals surface area (Å²) in [6, 6.07) is 10.2. The third-order valence-corrected chi connectivity index (χ3v) is 6.72. The smallest absolute Gasteiger partial charge is 0.276 e. The molecule has 5 rings (SSSR count). The van der Waals surface area contributed by atoms with E-state index in [2.05, 4.69) is 38.1 Å². The molecule has 1 fully saturated rings. The molecule has 168 valence electrons. The van der Waals surface area contributed by atoms with Crippen molar-refractivity contribution in [3.8, 4) is 0 Å². The lowest BCUT2D eigenvalue weighted by molar-refractivity contribution is -0.111.